The van der Waals surface area contributed by atoms with E-state index in [1.54, 1.807) is 0 Å². The number of aromatic nitrogens is 6. The number of aryl methyl sites for hydroxylation is 3. The van der Waals surface area contributed by atoms with E-state index in [1.807, 2.05) is 12.4 Å². The maximum absolute atomic E-state index is 4.79. The standard InChI is InChI=1S/C19H25N7.2ClH/c1-6-20-14-16-13-17(23-25(16)10-1)19-21-8-12-24(19)9-2-11-26-18(5-7-22-26)15-3-4-15;;/h5,7-8,12-13,15,20H,1-4,6,9-11,14H2;2*1H. The van der Waals surface area contributed by atoms with Crippen LogP contribution in [-0.4, -0.2) is 35.7 Å². The molecular weight excluding hydrogens is 397 g/mol. The summed E-state index contributed by atoms with van der Waals surface area (Å²) in [4.78, 5) is 4.57. The number of fused-ring (bicyclic) bond motifs is 1. The van der Waals surface area contributed by atoms with Crippen molar-refractivity contribution in [1.82, 2.24) is 34.4 Å². The van der Waals surface area contributed by atoms with Gasteiger partial charge in [0.1, 0.15) is 5.69 Å². The summed E-state index contributed by atoms with van der Waals surface area (Å²) < 4.78 is 6.52. The zero-order chi connectivity index (χ0) is 17.3. The summed E-state index contributed by atoms with van der Waals surface area (Å²) in [5.41, 5.74) is 3.63. The second kappa shape index (κ2) is 9.11. The maximum atomic E-state index is 4.79. The molecule has 2 aliphatic rings. The predicted molar refractivity (Wildman–Crippen MR) is 113 cm³/mol. The fourth-order valence-corrected chi connectivity index (χ4v) is 3.84. The third-order valence-corrected chi connectivity index (χ3v) is 5.35. The van der Waals surface area contributed by atoms with E-state index in [0.717, 1.165) is 63.0 Å². The van der Waals surface area contributed by atoms with Gasteiger partial charge in [-0.05, 0) is 44.4 Å². The number of hydrogen-bond acceptors (Lipinski definition) is 4. The minimum Gasteiger partial charge on any atom is -0.330 e. The number of imidazole rings is 1. The molecule has 0 bridgehead atoms. The average molecular weight is 424 g/mol. The molecule has 1 saturated carbocycles. The summed E-state index contributed by atoms with van der Waals surface area (Å²) in [7, 11) is 0. The number of halogens is 2. The molecule has 152 valence electrons. The Bertz CT molecular complexity index is 870. The molecule has 0 saturated heterocycles. The van der Waals surface area contributed by atoms with Crippen molar-refractivity contribution in [1.29, 1.82) is 0 Å². The lowest BCUT2D eigenvalue weighted by molar-refractivity contribution is 0.513. The van der Waals surface area contributed by atoms with E-state index >= 15 is 0 Å². The third-order valence-electron chi connectivity index (χ3n) is 5.35. The second-order valence-electron chi connectivity index (χ2n) is 7.33. The molecule has 3 aromatic heterocycles. The lowest BCUT2D eigenvalue weighted by atomic mass is 10.3. The number of nitrogens with one attached hydrogen (secondary N) is 1. The van der Waals surface area contributed by atoms with Crippen LogP contribution in [0.5, 0.6) is 0 Å². The summed E-state index contributed by atoms with van der Waals surface area (Å²) in [5, 5.41) is 12.7. The molecule has 1 aliphatic carbocycles. The molecule has 3 aromatic rings. The molecule has 0 radical (unpaired) electrons. The van der Waals surface area contributed by atoms with Crippen LogP contribution in [0.25, 0.3) is 11.5 Å². The highest BCUT2D eigenvalue weighted by Crippen LogP contribution is 2.39. The van der Waals surface area contributed by atoms with Gasteiger partial charge in [-0.2, -0.15) is 10.2 Å². The van der Waals surface area contributed by atoms with Crippen LogP contribution in [0.2, 0.25) is 0 Å². The van der Waals surface area contributed by atoms with Crippen LogP contribution >= 0.6 is 24.8 Å². The van der Waals surface area contributed by atoms with Crippen LogP contribution in [0.1, 0.15) is 43.0 Å². The van der Waals surface area contributed by atoms with Gasteiger partial charge in [-0.3, -0.25) is 9.36 Å². The van der Waals surface area contributed by atoms with Gasteiger partial charge in [-0.25, -0.2) is 4.98 Å². The fraction of sp³-hybridized carbons (Fsp3) is 0.526. The predicted octanol–water partition coefficient (Wildman–Crippen LogP) is 3.25. The van der Waals surface area contributed by atoms with Gasteiger partial charge in [-0.1, -0.05) is 0 Å². The molecule has 0 aromatic carbocycles. The van der Waals surface area contributed by atoms with Crippen LogP contribution < -0.4 is 5.32 Å². The summed E-state index contributed by atoms with van der Waals surface area (Å²) in [5.74, 6) is 1.71. The van der Waals surface area contributed by atoms with E-state index in [0.29, 0.717) is 0 Å². The van der Waals surface area contributed by atoms with Gasteiger partial charge in [0.05, 0.1) is 5.69 Å². The van der Waals surface area contributed by atoms with Gasteiger partial charge >= 0.3 is 0 Å². The summed E-state index contributed by atoms with van der Waals surface area (Å²) in [6.07, 6.45) is 10.7. The Balaban J connectivity index is 0.00000112. The zero-order valence-electron chi connectivity index (χ0n) is 15.8. The van der Waals surface area contributed by atoms with E-state index in [-0.39, 0.29) is 24.8 Å². The largest absolute Gasteiger partial charge is 0.330 e. The summed E-state index contributed by atoms with van der Waals surface area (Å²) in [6, 6.07) is 4.35. The van der Waals surface area contributed by atoms with E-state index in [2.05, 4.69) is 47.7 Å². The lowest BCUT2D eigenvalue weighted by Gasteiger charge is -2.09. The smallest absolute Gasteiger partial charge is 0.160 e. The Labute approximate surface area is 177 Å². The van der Waals surface area contributed by atoms with Crippen LogP contribution in [0, 0.1) is 0 Å². The zero-order valence-corrected chi connectivity index (χ0v) is 17.5. The first-order valence-corrected chi connectivity index (χ1v) is 9.69. The SMILES string of the molecule is Cl.Cl.c1cn(CCCn2nccc2C2CC2)c(-c2cc3n(n2)CCCNC3)n1. The maximum Gasteiger partial charge on any atom is 0.160 e. The molecule has 5 rings (SSSR count). The normalized spacial score (nSPS) is 16.0. The van der Waals surface area contributed by atoms with E-state index in [9.17, 15) is 0 Å². The van der Waals surface area contributed by atoms with Crippen LogP contribution in [-0.2, 0) is 26.2 Å². The van der Waals surface area contributed by atoms with Crippen molar-refractivity contribution < 1.29 is 0 Å². The lowest BCUT2D eigenvalue weighted by Crippen LogP contribution is -2.11. The summed E-state index contributed by atoms with van der Waals surface area (Å²) in [6.45, 7) is 4.81. The topological polar surface area (TPSA) is 65.5 Å². The minimum atomic E-state index is 0. The van der Waals surface area contributed by atoms with Crippen molar-refractivity contribution in [2.24, 2.45) is 0 Å². The van der Waals surface area contributed by atoms with Gasteiger partial charge in [0, 0.05) is 56.4 Å². The number of hydrogen-bond donors (Lipinski definition) is 1. The monoisotopic (exact) mass is 423 g/mol. The van der Waals surface area contributed by atoms with E-state index in [4.69, 9.17) is 5.10 Å². The van der Waals surface area contributed by atoms with Crippen molar-refractivity contribution in [3.05, 3.63) is 42.1 Å². The molecule has 28 heavy (non-hydrogen) atoms. The minimum absolute atomic E-state index is 0. The number of rotatable bonds is 6. The first kappa shape index (κ1) is 20.9. The Hall–Kier alpha value is -1.83. The van der Waals surface area contributed by atoms with Crippen molar-refractivity contribution in [2.45, 2.75) is 57.8 Å². The molecular formula is C19H27Cl2N7. The molecule has 1 aliphatic heterocycles. The Morgan fingerprint density at radius 2 is 2.04 bits per heavy atom. The van der Waals surface area contributed by atoms with Gasteiger partial charge in [0.25, 0.3) is 0 Å². The van der Waals surface area contributed by atoms with Crippen molar-refractivity contribution in [3.8, 4) is 11.5 Å². The highest BCUT2D eigenvalue weighted by molar-refractivity contribution is 5.85. The van der Waals surface area contributed by atoms with Crippen molar-refractivity contribution >= 4 is 24.8 Å². The number of nitrogens with zero attached hydrogens (tertiary/aromatic N) is 6. The highest BCUT2D eigenvalue weighted by Gasteiger charge is 2.26. The molecule has 7 nitrogen and oxygen atoms in total. The summed E-state index contributed by atoms with van der Waals surface area (Å²) >= 11 is 0. The molecule has 1 fully saturated rings. The van der Waals surface area contributed by atoms with Gasteiger partial charge in [-0.15, -0.1) is 24.8 Å². The van der Waals surface area contributed by atoms with Crippen LogP contribution in [0.15, 0.2) is 30.7 Å². The van der Waals surface area contributed by atoms with Crippen molar-refractivity contribution in [2.75, 3.05) is 6.54 Å². The highest BCUT2D eigenvalue weighted by atomic mass is 35.5. The first-order chi connectivity index (χ1) is 12.9. The molecule has 0 atom stereocenters. The molecule has 0 amide bonds. The first-order valence-electron chi connectivity index (χ1n) is 9.69. The Morgan fingerprint density at radius 1 is 1.14 bits per heavy atom. The quantitative estimate of drug-likeness (QED) is 0.660. The molecule has 1 N–H and O–H groups in total. The Kier molecular flexibility index (Phi) is 6.80. The molecule has 4 heterocycles. The second-order valence-corrected chi connectivity index (χ2v) is 7.33. The van der Waals surface area contributed by atoms with Gasteiger partial charge < -0.3 is 9.88 Å². The molecule has 0 spiro atoms. The molecule has 9 heteroatoms. The van der Waals surface area contributed by atoms with Gasteiger partial charge in [0.15, 0.2) is 5.82 Å². The average Bonchev–Trinajstić information content (AvgIpc) is 3.09. The van der Waals surface area contributed by atoms with Gasteiger partial charge in [0.2, 0.25) is 0 Å². The van der Waals surface area contributed by atoms with Crippen LogP contribution in [0.3, 0.4) is 0 Å². The third kappa shape index (κ3) is 4.26. The van der Waals surface area contributed by atoms with E-state index in [1.165, 1.54) is 24.2 Å². The van der Waals surface area contributed by atoms with Crippen LogP contribution in [0.4, 0.5) is 0 Å². The van der Waals surface area contributed by atoms with Crippen molar-refractivity contribution in [3.63, 3.8) is 0 Å². The Morgan fingerprint density at radius 3 is 2.89 bits per heavy atom. The molecule has 0 unspecified atom stereocenters. The van der Waals surface area contributed by atoms with E-state index < -0.39 is 0 Å². The fourth-order valence-electron chi connectivity index (χ4n) is 3.84.